The Morgan fingerprint density at radius 3 is 2.04 bits per heavy atom. The zero-order valence-electron chi connectivity index (χ0n) is 27.5. The predicted octanol–water partition coefficient (Wildman–Crippen LogP) is 11.6. The number of fused-ring (bicyclic) bond motifs is 11. The zero-order chi connectivity index (χ0) is 32.4. The Balaban J connectivity index is 1.28. The van der Waals surface area contributed by atoms with Gasteiger partial charge < -0.3 is 9.47 Å². The van der Waals surface area contributed by atoms with Crippen LogP contribution in [-0.4, -0.2) is 7.11 Å². The molecule has 0 aromatic heterocycles. The molecule has 1 aliphatic heterocycles. The first kappa shape index (κ1) is 27.5. The Hall–Kier alpha value is -5.60. The van der Waals surface area contributed by atoms with Crippen molar-refractivity contribution in [2.75, 3.05) is 7.11 Å². The molecule has 2 aliphatic carbocycles. The van der Waals surface area contributed by atoms with Gasteiger partial charge in [0.25, 0.3) is 0 Å². The molecule has 1 heterocycles. The molecule has 0 N–H and O–H groups in total. The predicted molar refractivity (Wildman–Crippen MR) is 198 cm³/mol. The first-order chi connectivity index (χ1) is 23.4. The quantitative estimate of drug-likeness (QED) is 0.196. The fourth-order valence-corrected chi connectivity index (χ4v) is 8.97. The highest BCUT2D eigenvalue weighted by atomic mass is 16.5. The van der Waals surface area contributed by atoms with Crippen LogP contribution in [-0.2, 0) is 11.0 Å². The fraction of sp³-hybridized carbons (Fsp3) is 0.130. The molecule has 0 spiro atoms. The van der Waals surface area contributed by atoms with Gasteiger partial charge >= 0.3 is 0 Å². The Bertz CT molecular complexity index is 2520. The average Bonchev–Trinajstić information content (AvgIpc) is 3.58. The van der Waals surface area contributed by atoms with Crippen LogP contribution >= 0.6 is 0 Å². The number of hydrogen-bond acceptors (Lipinski definition) is 2. The minimum Gasteiger partial charge on any atom is -0.497 e. The Morgan fingerprint density at radius 2 is 1.27 bits per heavy atom. The maximum absolute atomic E-state index is 7.68. The van der Waals surface area contributed by atoms with Gasteiger partial charge in [0.15, 0.2) is 5.60 Å². The van der Waals surface area contributed by atoms with Crippen LogP contribution < -0.4 is 9.47 Å². The molecule has 7 aromatic carbocycles. The SMILES string of the molecule is COc1ccc(C2(c3ccc4c5c(cccc35)-c3ccccc3-4)C=Cc3c4c(c5ccccc5c3O2)-c2ccc(C)cc2C4(C)C)cc1. The Labute approximate surface area is 280 Å². The summed E-state index contributed by atoms with van der Waals surface area (Å²) in [4.78, 5) is 0. The van der Waals surface area contributed by atoms with E-state index in [1.54, 1.807) is 7.11 Å². The van der Waals surface area contributed by atoms with Crippen LogP contribution in [0.15, 0.2) is 127 Å². The van der Waals surface area contributed by atoms with Gasteiger partial charge in [0, 0.05) is 27.5 Å². The standard InChI is InChI=1S/C46H34O2/c1-27-16-21-37-40(26-27)45(2,3)43-38-24-25-46(28-17-19-29(47-4)20-18-28,48-44(38)35-13-8-7-12-33(35)42(37)43)39-23-22-34-31-11-6-5-10-30(31)32-14-9-15-36(39)41(32)34/h5-26H,1-4H3. The minimum atomic E-state index is -0.881. The van der Waals surface area contributed by atoms with Gasteiger partial charge in [-0.15, -0.1) is 0 Å². The van der Waals surface area contributed by atoms with Gasteiger partial charge in [-0.05, 0) is 85.8 Å². The summed E-state index contributed by atoms with van der Waals surface area (Å²) in [6, 6.07) is 44.2. The van der Waals surface area contributed by atoms with Gasteiger partial charge in [-0.3, -0.25) is 0 Å². The number of aryl methyl sites for hydroxylation is 1. The van der Waals surface area contributed by atoms with E-state index in [2.05, 4.69) is 142 Å². The topological polar surface area (TPSA) is 18.5 Å². The lowest BCUT2D eigenvalue weighted by Crippen LogP contribution is -2.35. The third-order valence-corrected chi connectivity index (χ3v) is 11.2. The summed E-state index contributed by atoms with van der Waals surface area (Å²) in [5.74, 6) is 1.76. The number of rotatable bonds is 3. The van der Waals surface area contributed by atoms with E-state index in [9.17, 15) is 0 Å². The van der Waals surface area contributed by atoms with E-state index in [4.69, 9.17) is 9.47 Å². The van der Waals surface area contributed by atoms with Crippen molar-refractivity contribution in [2.24, 2.45) is 0 Å². The van der Waals surface area contributed by atoms with Crippen LogP contribution in [0.3, 0.4) is 0 Å². The molecule has 0 saturated carbocycles. The molecule has 0 fully saturated rings. The van der Waals surface area contributed by atoms with Crippen LogP contribution in [0, 0.1) is 6.92 Å². The highest BCUT2D eigenvalue weighted by Gasteiger charge is 2.45. The van der Waals surface area contributed by atoms with Crippen LogP contribution in [0.1, 0.15) is 47.2 Å². The summed E-state index contributed by atoms with van der Waals surface area (Å²) < 4.78 is 13.3. The highest BCUT2D eigenvalue weighted by molar-refractivity contribution is 6.16. The average molecular weight is 619 g/mol. The maximum atomic E-state index is 7.68. The second-order valence-corrected chi connectivity index (χ2v) is 14.0. The highest BCUT2D eigenvalue weighted by Crippen LogP contribution is 2.59. The number of hydrogen-bond donors (Lipinski definition) is 0. The third-order valence-electron chi connectivity index (χ3n) is 11.2. The van der Waals surface area contributed by atoms with Gasteiger partial charge in [0.1, 0.15) is 11.5 Å². The first-order valence-electron chi connectivity index (χ1n) is 16.8. The monoisotopic (exact) mass is 618 g/mol. The second kappa shape index (κ2) is 9.49. The van der Waals surface area contributed by atoms with E-state index in [1.165, 1.54) is 71.8 Å². The second-order valence-electron chi connectivity index (χ2n) is 14.0. The van der Waals surface area contributed by atoms with Crippen molar-refractivity contribution in [1.29, 1.82) is 0 Å². The molecule has 10 rings (SSSR count). The lowest BCUT2D eigenvalue weighted by molar-refractivity contribution is 0.165. The normalized spacial score (nSPS) is 17.5. The van der Waals surface area contributed by atoms with Gasteiger partial charge in [-0.1, -0.05) is 135 Å². The molecule has 1 atom stereocenters. The number of benzene rings is 7. The molecule has 0 bridgehead atoms. The van der Waals surface area contributed by atoms with E-state index in [0.717, 1.165) is 28.0 Å². The molecule has 3 aliphatic rings. The third kappa shape index (κ3) is 3.42. The van der Waals surface area contributed by atoms with Crippen molar-refractivity contribution in [3.05, 3.63) is 161 Å². The minimum absolute atomic E-state index is 0.188. The molecule has 1 unspecified atom stereocenters. The molecule has 2 heteroatoms. The van der Waals surface area contributed by atoms with Crippen molar-refractivity contribution in [2.45, 2.75) is 31.8 Å². The van der Waals surface area contributed by atoms with Crippen LogP contribution in [0.25, 0.3) is 61.0 Å². The van der Waals surface area contributed by atoms with E-state index in [1.807, 2.05) is 12.1 Å². The van der Waals surface area contributed by atoms with Crippen molar-refractivity contribution in [1.82, 2.24) is 0 Å². The lowest BCUT2D eigenvalue weighted by Gasteiger charge is -2.39. The van der Waals surface area contributed by atoms with Crippen molar-refractivity contribution in [3.8, 4) is 44.9 Å². The molecular weight excluding hydrogens is 585 g/mol. The van der Waals surface area contributed by atoms with E-state index in [-0.39, 0.29) is 5.41 Å². The molecule has 230 valence electrons. The Kier molecular flexibility index (Phi) is 5.44. The maximum Gasteiger partial charge on any atom is 0.178 e. The van der Waals surface area contributed by atoms with Gasteiger partial charge in [0.05, 0.1) is 7.11 Å². The zero-order valence-corrected chi connectivity index (χ0v) is 27.5. The summed E-state index contributed by atoms with van der Waals surface area (Å²) in [6.45, 7) is 6.92. The Morgan fingerprint density at radius 1 is 0.604 bits per heavy atom. The van der Waals surface area contributed by atoms with E-state index < -0.39 is 5.60 Å². The van der Waals surface area contributed by atoms with Crippen molar-refractivity contribution < 1.29 is 9.47 Å². The fourth-order valence-electron chi connectivity index (χ4n) is 8.97. The molecule has 0 radical (unpaired) electrons. The lowest BCUT2D eigenvalue weighted by atomic mass is 9.76. The molecular formula is C46H34O2. The molecule has 2 nitrogen and oxygen atoms in total. The number of methoxy groups -OCH3 is 1. The largest absolute Gasteiger partial charge is 0.497 e. The van der Waals surface area contributed by atoms with E-state index >= 15 is 0 Å². The van der Waals surface area contributed by atoms with Gasteiger partial charge in [-0.2, -0.15) is 0 Å². The summed E-state index contributed by atoms with van der Waals surface area (Å²) in [5.41, 5.74) is 14.1. The van der Waals surface area contributed by atoms with Crippen molar-refractivity contribution in [3.63, 3.8) is 0 Å². The van der Waals surface area contributed by atoms with E-state index in [0.29, 0.717) is 0 Å². The number of ether oxygens (including phenoxy) is 2. The molecule has 48 heavy (non-hydrogen) atoms. The molecule has 0 saturated heterocycles. The molecule has 0 amide bonds. The van der Waals surface area contributed by atoms with Gasteiger partial charge in [-0.25, -0.2) is 0 Å². The summed E-state index contributed by atoms with van der Waals surface area (Å²) >= 11 is 0. The van der Waals surface area contributed by atoms with Crippen LogP contribution in [0.4, 0.5) is 0 Å². The van der Waals surface area contributed by atoms with Gasteiger partial charge in [0.2, 0.25) is 0 Å². The molecule has 7 aromatic rings. The summed E-state index contributed by atoms with van der Waals surface area (Å²) in [5, 5.41) is 4.87. The summed E-state index contributed by atoms with van der Waals surface area (Å²) in [7, 11) is 1.72. The summed E-state index contributed by atoms with van der Waals surface area (Å²) in [6.07, 6.45) is 4.66. The first-order valence-corrected chi connectivity index (χ1v) is 16.8. The smallest absolute Gasteiger partial charge is 0.178 e. The van der Waals surface area contributed by atoms with Crippen LogP contribution in [0.2, 0.25) is 0 Å². The van der Waals surface area contributed by atoms with Crippen LogP contribution in [0.5, 0.6) is 11.5 Å². The van der Waals surface area contributed by atoms with Crippen molar-refractivity contribution >= 4 is 27.6 Å².